The van der Waals surface area contributed by atoms with Crippen LogP contribution in [0.4, 0.5) is 15.8 Å². The minimum atomic E-state index is -0.425. The van der Waals surface area contributed by atoms with Crippen molar-refractivity contribution < 1.29 is 9.50 Å². The highest BCUT2D eigenvalue weighted by Gasteiger charge is 2.24. The first-order valence-electron chi connectivity index (χ1n) is 6.72. The summed E-state index contributed by atoms with van der Waals surface area (Å²) in [4.78, 5) is 4.24. The number of halogens is 1. The number of nitrogens with zero attached hydrogens (tertiary/aromatic N) is 1. The Labute approximate surface area is 117 Å². The molecule has 20 heavy (non-hydrogen) atoms. The Hall–Kier alpha value is -1.88. The highest BCUT2D eigenvalue weighted by molar-refractivity contribution is 5.98. The average Bonchev–Trinajstić information content (AvgIpc) is 2.44. The molecule has 0 spiro atoms. The van der Waals surface area contributed by atoms with Gasteiger partial charge in [-0.2, -0.15) is 0 Å². The predicted molar refractivity (Wildman–Crippen MR) is 80.1 cm³/mol. The highest BCUT2D eigenvalue weighted by atomic mass is 19.1. The largest absolute Gasteiger partial charge is 0.398 e. The molecule has 0 radical (unpaired) electrons. The number of aliphatic hydroxyl groups excluding tert-OH is 1. The van der Waals surface area contributed by atoms with Gasteiger partial charge in [-0.1, -0.05) is 6.92 Å². The molecule has 0 saturated heterocycles. The number of pyridine rings is 1. The maximum absolute atomic E-state index is 14.2. The molecule has 2 aromatic rings. The smallest absolute Gasteiger partial charge is 0.150 e. The fourth-order valence-corrected chi connectivity index (χ4v) is 2.23. The molecular formula is C15H20FN3O. The van der Waals surface area contributed by atoms with Crippen LogP contribution in [0, 0.1) is 5.82 Å². The zero-order valence-electron chi connectivity index (χ0n) is 11.8. The molecule has 1 aromatic heterocycles. The number of nitrogens with two attached hydrogens (primary N) is 1. The summed E-state index contributed by atoms with van der Waals surface area (Å²) in [7, 11) is 0. The summed E-state index contributed by atoms with van der Waals surface area (Å²) in [5.41, 5.74) is 6.67. The lowest BCUT2D eigenvalue weighted by Gasteiger charge is -2.31. The summed E-state index contributed by atoms with van der Waals surface area (Å²) in [5.74, 6) is -0.425. The second-order valence-electron chi connectivity index (χ2n) is 5.24. The number of fused-ring (bicyclic) bond motifs is 1. The molecule has 0 fully saturated rings. The van der Waals surface area contributed by atoms with Crippen LogP contribution in [-0.4, -0.2) is 22.2 Å². The van der Waals surface area contributed by atoms with E-state index in [0.29, 0.717) is 23.3 Å². The Balaban J connectivity index is 2.54. The van der Waals surface area contributed by atoms with E-state index in [9.17, 15) is 4.39 Å². The van der Waals surface area contributed by atoms with E-state index in [2.05, 4.69) is 10.3 Å². The Bertz CT molecular complexity index is 617. The first-order valence-corrected chi connectivity index (χ1v) is 6.72. The van der Waals surface area contributed by atoms with E-state index in [1.807, 2.05) is 19.9 Å². The van der Waals surface area contributed by atoms with E-state index < -0.39 is 11.4 Å². The monoisotopic (exact) mass is 277 g/mol. The van der Waals surface area contributed by atoms with Gasteiger partial charge >= 0.3 is 0 Å². The SMILES string of the molecule is CCC(C)(CCO)Nc1c(F)cc(N)c2cccnc12. The van der Waals surface area contributed by atoms with Gasteiger partial charge in [0.05, 0.1) is 11.2 Å². The second-order valence-corrected chi connectivity index (χ2v) is 5.24. The van der Waals surface area contributed by atoms with Crippen molar-refractivity contribution in [2.75, 3.05) is 17.7 Å². The van der Waals surface area contributed by atoms with Crippen molar-refractivity contribution in [3.8, 4) is 0 Å². The van der Waals surface area contributed by atoms with Gasteiger partial charge in [-0.05, 0) is 38.0 Å². The lowest BCUT2D eigenvalue weighted by Crippen LogP contribution is -2.35. The number of rotatable bonds is 5. The quantitative estimate of drug-likeness (QED) is 0.735. The molecule has 1 aromatic carbocycles. The summed E-state index contributed by atoms with van der Waals surface area (Å²) in [5, 5.41) is 13.1. The van der Waals surface area contributed by atoms with Crippen LogP contribution in [0.2, 0.25) is 0 Å². The molecule has 5 heteroatoms. The van der Waals surface area contributed by atoms with E-state index >= 15 is 0 Å². The number of anilines is 2. The van der Waals surface area contributed by atoms with Crippen molar-refractivity contribution >= 4 is 22.3 Å². The zero-order valence-corrected chi connectivity index (χ0v) is 11.8. The molecular weight excluding hydrogens is 257 g/mol. The van der Waals surface area contributed by atoms with Crippen LogP contribution in [0.25, 0.3) is 10.9 Å². The summed E-state index contributed by atoms with van der Waals surface area (Å²) >= 11 is 0. The van der Waals surface area contributed by atoms with E-state index in [0.717, 1.165) is 11.8 Å². The van der Waals surface area contributed by atoms with Gasteiger partial charge in [0.25, 0.3) is 0 Å². The van der Waals surface area contributed by atoms with Gasteiger partial charge in [-0.3, -0.25) is 4.98 Å². The molecule has 4 nitrogen and oxygen atoms in total. The fraction of sp³-hybridized carbons (Fsp3) is 0.400. The second kappa shape index (κ2) is 5.63. The number of aromatic nitrogens is 1. The van der Waals surface area contributed by atoms with Crippen LogP contribution in [0.5, 0.6) is 0 Å². The first kappa shape index (κ1) is 14.5. The maximum atomic E-state index is 14.2. The summed E-state index contributed by atoms with van der Waals surface area (Å²) in [6.45, 7) is 3.99. The Morgan fingerprint density at radius 2 is 2.25 bits per heavy atom. The van der Waals surface area contributed by atoms with Crippen molar-refractivity contribution in [3.63, 3.8) is 0 Å². The average molecular weight is 277 g/mol. The number of aliphatic hydroxyl groups is 1. The summed E-state index contributed by atoms with van der Waals surface area (Å²) in [6.07, 6.45) is 2.90. The normalized spacial score (nSPS) is 14.2. The van der Waals surface area contributed by atoms with Crippen molar-refractivity contribution in [1.29, 1.82) is 0 Å². The van der Waals surface area contributed by atoms with Gasteiger partial charge in [0.2, 0.25) is 0 Å². The van der Waals surface area contributed by atoms with Gasteiger partial charge in [0, 0.05) is 29.4 Å². The Morgan fingerprint density at radius 1 is 1.50 bits per heavy atom. The molecule has 0 amide bonds. The third kappa shape index (κ3) is 2.67. The number of nitrogens with one attached hydrogen (secondary N) is 1. The minimum absolute atomic E-state index is 0.0410. The van der Waals surface area contributed by atoms with Gasteiger partial charge < -0.3 is 16.2 Å². The molecule has 0 bridgehead atoms. The number of hydrogen-bond donors (Lipinski definition) is 3. The van der Waals surface area contributed by atoms with E-state index in [4.69, 9.17) is 10.8 Å². The minimum Gasteiger partial charge on any atom is -0.398 e. The van der Waals surface area contributed by atoms with Crippen LogP contribution in [0.15, 0.2) is 24.4 Å². The first-order chi connectivity index (χ1) is 9.50. The van der Waals surface area contributed by atoms with Crippen molar-refractivity contribution in [2.45, 2.75) is 32.2 Å². The third-order valence-electron chi connectivity index (χ3n) is 3.75. The lowest BCUT2D eigenvalue weighted by atomic mass is 9.94. The molecule has 0 aliphatic rings. The van der Waals surface area contributed by atoms with Crippen LogP contribution in [0.1, 0.15) is 26.7 Å². The Kier molecular flexibility index (Phi) is 4.09. The number of nitrogen functional groups attached to an aromatic ring is 1. The molecule has 1 atom stereocenters. The van der Waals surface area contributed by atoms with E-state index in [1.54, 1.807) is 12.3 Å². The molecule has 2 rings (SSSR count). The molecule has 4 N–H and O–H groups in total. The van der Waals surface area contributed by atoms with Gasteiger partial charge in [0.1, 0.15) is 0 Å². The molecule has 0 saturated carbocycles. The third-order valence-corrected chi connectivity index (χ3v) is 3.75. The van der Waals surface area contributed by atoms with Crippen LogP contribution < -0.4 is 11.1 Å². The van der Waals surface area contributed by atoms with Gasteiger partial charge in [-0.15, -0.1) is 0 Å². The van der Waals surface area contributed by atoms with Gasteiger partial charge in [0.15, 0.2) is 5.82 Å². The number of hydrogen-bond acceptors (Lipinski definition) is 4. The predicted octanol–water partition coefficient (Wildman–Crippen LogP) is 2.92. The van der Waals surface area contributed by atoms with Crippen LogP contribution >= 0.6 is 0 Å². The number of benzene rings is 1. The van der Waals surface area contributed by atoms with Gasteiger partial charge in [-0.25, -0.2) is 4.39 Å². The van der Waals surface area contributed by atoms with Crippen LogP contribution in [0.3, 0.4) is 0 Å². The molecule has 1 unspecified atom stereocenters. The molecule has 0 aliphatic heterocycles. The van der Waals surface area contributed by atoms with Crippen LogP contribution in [-0.2, 0) is 0 Å². The highest BCUT2D eigenvalue weighted by Crippen LogP contribution is 2.32. The molecule has 0 aliphatic carbocycles. The fourth-order valence-electron chi connectivity index (χ4n) is 2.23. The topological polar surface area (TPSA) is 71.2 Å². The van der Waals surface area contributed by atoms with Crippen molar-refractivity contribution in [2.24, 2.45) is 0 Å². The summed E-state index contributed by atoms with van der Waals surface area (Å²) in [6, 6.07) is 4.89. The lowest BCUT2D eigenvalue weighted by molar-refractivity contribution is 0.252. The Morgan fingerprint density at radius 3 is 2.90 bits per heavy atom. The molecule has 1 heterocycles. The maximum Gasteiger partial charge on any atom is 0.150 e. The molecule has 108 valence electrons. The van der Waals surface area contributed by atoms with E-state index in [-0.39, 0.29) is 6.61 Å². The van der Waals surface area contributed by atoms with Crippen molar-refractivity contribution in [1.82, 2.24) is 4.98 Å². The zero-order chi connectivity index (χ0) is 14.8. The standard InChI is InChI=1S/C15H20FN3O/c1-3-15(2,6-8-20)19-14-11(16)9-12(17)10-5-4-7-18-13(10)14/h4-5,7,9,19-20H,3,6,8,17H2,1-2H3. The summed E-state index contributed by atoms with van der Waals surface area (Å²) < 4.78 is 14.2. The van der Waals surface area contributed by atoms with Crippen molar-refractivity contribution in [3.05, 3.63) is 30.2 Å². The van der Waals surface area contributed by atoms with E-state index in [1.165, 1.54) is 6.07 Å².